The Kier molecular flexibility index (Phi) is 6.31. The SMILES string of the molecule is CCC(CC)N(CCOC)C(=O)c1cc(N)cc(N)c1. The molecule has 0 atom stereocenters. The Labute approximate surface area is 120 Å². The summed E-state index contributed by atoms with van der Waals surface area (Å²) in [5.74, 6) is -0.0465. The van der Waals surface area contributed by atoms with Gasteiger partial charge in [0, 0.05) is 36.6 Å². The van der Waals surface area contributed by atoms with Crippen molar-refractivity contribution in [3.63, 3.8) is 0 Å². The zero-order valence-electron chi connectivity index (χ0n) is 12.6. The Morgan fingerprint density at radius 2 is 1.75 bits per heavy atom. The molecule has 0 fully saturated rings. The average Bonchev–Trinajstić information content (AvgIpc) is 2.41. The summed E-state index contributed by atoms with van der Waals surface area (Å²) in [7, 11) is 1.63. The van der Waals surface area contributed by atoms with Crippen LogP contribution in [0, 0.1) is 0 Å². The van der Waals surface area contributed by atoms with Gasteiger partial charge in [0.2, 0.25) is 0 Å². The highest BCUT2D eigenvalue weighted by Gasteiger charge is 2.22. The van der Waals surface area contributed by atoms with Crippen molar-refractivity contribution in [2.24, 2.45) is 0 Å². The van der Waals surface area contributed by atoms with Gasteiger partial charge in [-0.15, -0.1) is 0 Å². The number of carbonyl (C=O) groups excluding carboxylic acids is 1. The molecule has 4 N–H and O–H groups in total. The number of nitrogens with zero attached hydrogens (tertiary/aromatic N) is 1. The zero-order chi connectivity index (χ0) is 15.1. The monoisotopic (exact) mass is 279 g/mol. The van der Waals surface area contributed by atoms with E-state index in [1.807, 2.05) is 4.90 Å². The van der Waals surface area contributed by atoms with E-state index in [2.05, 4.69) is 13.8 Å². The van der Waals surface area contributed by atoms with Gasteiger partial charge in [-0.1, -0.05) is 13.8 Å². The Balaban J connectivity index is 3.02. The number of hydrogen-bond donors (Lipinski definition) is 2. The predicted octanol–water partition coefficient (Wildman–Crippen LogP) is 2.13. The van der Waals surface area contributed by atoms with Crippen molar-refractivity contribution in [3.05, 3.63) is 23.8 Å². The van der Waals surface area contributed by atoms with Gasteiger partial charge in [0.15, 0.2) is 0 Å². The number of hydrogen-bond acceptors (Lipinski definition) is 4. The molecule has 0 aromatic heterocycles. The van der Waals surface area contributed by atoms with Gasteiger partial charge in [0.05, 0.1) is 6.61 Å². The van der Waals surface area contributed by atoms with Crippen molar-refractivity contribution < 1.29 is 9.53 Å². The van der Waals surface area contributed by atoms with Crippen molar-refractivity contribution >= 4 is 17.3 Å². The maximum atomic E-state index is 12.7. The van der Waals surface area contributed by atoms with Crippen LogP contribution in [0.4, 0.5) is 11.4 Å². The van der Waals surface area contributed by atoms with Crippen LogP contribution in [0.3, 0.4) is 0 Å². The highest BCUT2D eigenvalue weighted by atomic mass is 16.5. The summed E-state index contributed by atoms with van der Waals surface area (Å²) in [6, 6.07) is 5.18. The lowest BCUT2D eigenvalue weighted by atomic mass is 10.1. The molecule has 0 unspecified atom stereocenters. The molecule has 0 aliphatic heterocycles. The number of amides is 1. The van der Waals surface area contributed by atoms with E-state index < -0.39 is 0 Å². The van der Waals surface area contributed by atoms with Crippen LogP contribution in [0.25, 0.3) is 0 Å². The van der Waals surface area contributed by atoms with Gasteiger partial charge in [-0.05, 0) is 31.0 Å². The fourth-order valence-corrected chi connectivity index (χ4v) is 2.33. The lowest BCUT2D eigenvalue weighted by molar-refractivity contribution is 0.0589. The molecule has 0 heterocycles. The molecule has 0 spiro atoms. The second kappa shape index (κ2) is 7.75. The fraction of sp³-hybridized carbons (Fsp3) is 0.533. The van der Waals surface area contributed by atoms with Gasteiger partial charge in [-0.3, -0.25) is 4.79 Å². The topological polar surface area (TPSA) is 81.6 Å². The van der Waals surface area contributed by atoms with Gasteiger partial charge in [0.25, 0.3) is 5.91 Å². The first-order valence-electron chi connectivity index (χ1n) is 6.99. The van der Waals surface area contributed by atoms with Gasteiger partial charge in [-0.2, -0.15) is 0 Å². The molecule has 5 nitrogen and oxygen atoms in total. The molecule has 1 amide bonds. The highest BCUT2D eigenvalue weighted by molar-refractivity contribution is 5.96. The predicted molar refractivity (Wildman–Crippen MR) is 82.5 cm³/mol. The largest absolute Gasteiger partial charge is 0.399 e. The number of carbonyl (C=O) groups is 1. The highest BCUT2D eigenvalue weighted by Crippen LogP contribution is 2.18. The summed E-state index contributed by atoms with van der Waals surface area (Å²) >= 11 is 0. The first-order valence-corrected chi connectivity index (χ1v) is 6.99. The third kappa shape index (κ3) is 4.13. The van der Waals surface area contributed by atoms with Gasteiger partial charge < -0.3 is 21.1 Å². The molecule has 112 valence electrons. The van der Waals surface area contributed by atoms with Gasteiger partial charge in [0.1, 0.15) is 0 Å². The third-order valence-electron chi connectivity index (χ3n) is 3.41. The van der Waals surface area contributed by atoms with Crippen LogP contribution >= 0.6 is 0 Å². The van der Waals surface area contributed by atoms with E-state index in [1.54, 1.807) is 25.3 Å². The molecule has 0 aliphatic carbocycles. The van der Waals surface area contributed by atoms with Crippen LogP contribution in [-0.2, 0) is 4.74 Å². The Morgan fingerprint density at radius 1 is 1.20 bits per heavy atom. The number of rotatable bonds is 7. The number of nitrogens with two attached hydrogens (primary N) is 2. The van der Waals surface area contributed by atoms with Crippen LogP contribution in [0.2, 0.25) is 0 Å². The van der Waals surface area contributed by atoms with Crippen LogP contribution < -0.4 is 11.5 Å². The van der Waals surface area contributed by atoms with Crippen molar-refractivity contribution in [2.45, 2.75) is 32.7 Å². The molecular weight excluding hydrogens is 254 g/mol. The summed E-state index contributed by atoms with van der Waals surface area (Å²) in [5, 5.41) is 0. The van der Waals surface area contributed by atoms with Crippen molar-refractivity contribution in [2.75, 3.05) is 31.7 Å². The van der Waals surface area contributed by atoms with E-state index in [9.17, 15) is 4.79 Å². The van der Waals surface area contributed by atoms with Gasteiger partial charge in [-0.25, -0.2) is 0 Å². The molecule has 1 rings (SSSR count). The molecule has 5 heteroatoms. The minimum Gasteiger partial charge on any atom is -0.399 e. The first-order chi connectivity index (χ1) is 9.53. The zero-order valence-corrected chi connectivity index (χ0v) is 12.6. The van der Waals surface area contributed by atoms with Crippen molar-refractivity contribution in [1.82, 2.24) is 4.90 Å². The second-order valence-electron chi connectivity index (χ2n) is 4.85. The molecule has 0 saturated heterocycles. The van der Waals surface area contributed by atoms with Crippen LogP contribution in [-0.4, -0.2) is 37.1 Å². The minimum absolute atomic E-state index is 0.0465. The number of anilines is 2. The maximum absolute atomic E-state index is 12.7. The third-order valence-corrected chi connectivity index (χ3v) is 3.41. The Hall–Kier alpha value is -1.75. The Morgan fingerprint density at radius 3 is 2.20 bits per heavy atom. The molecule has 1 aromatic rings. The number of methoxy groups -OCH3 is 1. The quantitative estimate of drug-likeness (QED) is 0.749. The summed E-state index contributed by atoms with van der Waals surface area (Å²) in [4.78, 5) is 14.5. The molecular formula is C15H25N3O2. The Bertz CT molecular complexity index is 424. The molecule has 20 heavy (non-hydrogen) atoms. The summed E-state index contributed by atoms with van der Waals surface area (Å²) in [6.07, 6.45) is 1.81. The fourth-order valence-electron chi connectivity index (χ4n) is 2.33. The van der Waals surface area contributed by atoms with E-state index in [1.165, 1.54) is 0 Å². The minimum atomic E-state index is -0.0465. The van der Waals surface area contributed by atoms with E-state index in [0.29, 0.717) is 30.1 Å². The normalized spacial score (nSPS) is 10.8. The standard InChI is InChI=1S/C15H25N3O2/c1-4-14(5-2)18(6-7-20-3)15(19)11-8-12(16)10-13(17)9-11/h8-10,14H,4-7,16-17H2,1-3H3. The van der Waals surface area contributed by atoms with Crippen molar-refractivity contribution in [3.8, 4) is 0 Å². The molecule has 0 aliphatic rings. The van der Waals surface area contributed by atoms with E-state index in [-0.39, 0.29) is 11.9 Å². The number of ether oxygens (including phenoxy) is 1. The van der Waals surface area contributed by atoms with Crippen LogP contribution in [0.15, 0.2) is 18.2 Å². The van der Waals surface area contributed by atoms with E-state index in [4.69, 9.17) is 16.2 Å². The van der Waals surface area contributed by atoms with Crippen LogP contribution in [0.5, 0.6) is 0 Å². The van der Waals surface area contributed by atoms with Gasteiger partial charge >= 0.3 is 0 Å². The average molecular weight is 279 g/mol. The smallest absolute Gasteiger partial charge is 0.254 e. The van der Waals surface area contributed by atoms with E-state index >= 15 is 0 Å². The lowest BCUT2D eigenvalue weighted by Crippen LogP contribution is -2.41. The summed E-state index contributed by atoms with van der Waals surface area (Å²) in [6.45, 7) is 5.24. The summed E-state index contributed by atoms with van der Waals surface area (Å²) in [5.41, 5.74) is 13.1. The lowest BCUT2D eigenvalue weighted by Gasteiger charge is -2.30. The molecule has 0 radical (unpaired) electrons. The van der Waals surface area contributed by atoms with Crippen molar-refractivity contribution in [1.29, 1.82) is 0 Å². The maximum Gasteiger partial charge on any atom is 0.254 e. The summed E-state index contributed by atoms with van der Waals surface area (Å²) < 4.78 is 5.10. The van der Waals surface area contributed by atoms with Crippen LogP contribution in [0.1, 0.15) is 37.0 Å². The molecule has 0 saturated carbocycles. The van der Waals surface area contributed by atoms with E-state index in [0.717, 1.165) is 12.8 Å². The number of nitrogen functional groups attached to an aromatic ring is 2. The number of benzene rings is 1. The molecule has 1 aromatic carbocycles. The first kappa shape index (κ1) is 16.3. The molecule has 0 bridgehead atoms. The second-order valence-corrected chi connectivity index (χ2v) is 4.85.